The molecule has 0 unspecified atom stereocenters. The van der Waals surface area contributed by atoms with E-state index in [0.717, 1.165) is 0 Å². The van der Waals surface area contributed by atoms with Crippen LogP contribution in [0.5, 0.6) is 11.5 Å². The van der Waals surface area contributed by atoms with E-state index in [1.165, 1.54) is 0 Å². The molecule has 0 saturated heterocycles. The number of fused-ring (bicyclic) bond motifs is 2. The zero-order valence-electron chi connectivity index (χ0n) is 9.65. The van der Waals surface area contributed by atoms with Crippen molar-refractivity contribution in [1.82, 2.24) is 0 Å². The summed E-state index contributed by atoms with van der Waals surface area (Å²) < 4.78 is 43.0. The van der Waals surface area contributed by atoms with Gasteiger partial charge in [0.15, 0.2) is 0 Å². The number of hydrogen-bond donors (Lipinski definition) is 0. The van der Waals surface area contributed by atoms with Crippen LogP contribution in [0.2, 0.25) is 0 Å². The van der Waals surface area contributed by atoms with Crippen molar-refractivity contribution in [3.05, 3.63) is 59.7 Å². The molecular weight excluding hydrogens is 268 g/mol. The van der Waals surface area contributed by atoms with E-state index in [9.17, 15) is 13.0 Å². The molecule has 0 aromatic heterocycles. The maximum absolute atomic E-state index is 10.9. The first-order valence-electron chi connectivity index (χ1n) is 5.54. The highest BCUT2D eigenvalue weighted by Crippen LogP contribution is 2.44. The van der Waals surface area contributed by atoms with Gasteiger partial charge in [-0.15, -0.1) is 0 Å². The molecule has 0 saturated carbocycles. The summed E-state index contributed by atoms with van der Waals surface area (Å²) in [6, 6.07) is 13.7. The first-order valence-corrected chi connectivity index (χ1v) is 6.88. The minimum atomic E-state index is -4.81. The lowest BCUT2D eigenvalue weighted by molar-refractivity contribution is 0.199. The van der Waals surface area contributed by atoms with Crippen molar-refractivity contribution in [3.8, 4) is 11.5 Å². The van der Waals surface area contributed by atoms with Gasteiger partial charge < -0.3 is 9.29 Å². The van der Waals surface area contributed by atoms with E-state index in [-0.39, 0.29) is 0 Å². The Bertz CT molecular complexity index is 678. The number of rotatable bonds is 2. The predicted molar refractivity (Wildman–Crippen MR) is 65.6 cm³/mol. The van der Waals surface area contributed by atoms with Crippen LogP contribution in [-0.2, 0) is 14.6 Å². The van der Waals surface area contributed by atoms with Crippen LogP contribution in [0.15, 0.2) is 48.5 Å². The van der Waals surface area contributed by atoms with E-state index >= 15 is 0 Å². The zero-order chi connectivity index (χ0) is 13.5. The largest absolute Gasteiger partial charge is 0.725 e. The van der Waals surface area contributed by atoms with Gasteiger partial charge in [0, 0.05) is 11.1 Å². The van der Waals surface area contributed by atoms with Gasteiger partial charge in [0.25, 0.3) is 0 Å². The Morgan fingerprint density at radius 3 is 1.89 bits per heavy atom. The lowest BCUT2D eigenvalue weighted by atomic mass is 9.97. The van der Waals surface area contributed by atoms with Crippen molar-refractivity contribution < 1.29 is 21.9 Å². The average Bonchev–Trinajstić information content (AvgIpc) is 2.37. The van der Waals surface area contributed by atoms with Gasteiger partial charge in [0.2, 0.25) is 10.4 Å². The number of ether oxygens (including phenoxy) is 1. The fourth-order valence-electron chi connectivity index (χ4n) is 2.09. The number of hydrogen-bond acceptors (Lipinski definition) is 5. The highest BCUT2D eigenvalue weighted by atomic mass is 32.3. The molecule has 1 heterocycles. The SMILES string of the molecule is O=S(=O)([O-])OC1c2ccccc2Oc2ccccc21. The third kappa shape index (κ3) is 2.33. The van der Waals surface area contributed by atoms with Crippen LogP contribution in [0.4, 0.5) is 0 Å². The Kier molecular flexibility index (Phi) is 2.78. The van der Waals surface area contributed by atoms with Crippen LogP contribution in [0.25, 0.3) is 0 Å². The van der Waals surface area contributed by atoms with Gasteiger partial charge in [-0.2, -0.15) is 0 Å². The molecule has 0 bridgehead atoms. The summed E-state index contributed by atoms with van der Waals surface area (Å²) in [7, 11) is -4.81. The Morgan fingerprint density at radius 1 is 0.947 bits per heavy atom. The number of para-hydroxylation sites is 2. The first kappa shape index (κ1) is 12.2. The van der Waals surface area contributed by atoms with Crippen molar-refractivity contribution in [1.29, 1.82) is 0 Å². The second-order valence-corrected chi connectivity index (χ2v) is 5.07. The van der Waals surface area contributed by atoms with Crippen LogP contribution >= 0.6 is 0 Å². The fourth-order valence-corrected chi connectivity index (χ4v) is 2.53. The summed E-state index contributed by atoms with van der Waals surface area (Å²) in [4.78, 5) is 0. The molecule has 3 rings (SSSR count). The van der Waals surface area contributed by atoms with Gasteiger partial charge in [-0.1, -0.05) is 36.4 Å². The van der Waals surface area contributed by atoms with Crippen molar-refractivity contribution in [2.45, 2.75) is 6.10 Å². The van der Waals surface area contributed by atoms with E-state index in [1.54, 1.807) is 48.5 Å². The van der Waals surface area contributed by atoms with Crippen LogP contribution in [-0.4, -0.2) is 13.0 Å². The van der Waals surface area contributed by atoms with E-state index in [1.807, 2.05) is 0 Å². The summed E-state index contributed by atoms with van der Waals surface area (Å²) in [5.41, 5.74) is 1.03. The van der Waals surface area contributed by atoms with E-state index in [2.05, 4.69) is 4.18 Å². The standard InChI is InChI=1S/C13H10O5S/c14-19(15,16)18-13-9-5-1-3-7-11(9)17-12-8-4-2-6-10(12)13/h1-8,13H,(H,14,15,16)/p-1. The topological polar surface area (TPSA) is 75.7 Å². The monoisotopic (exact) mass is 277 g/mol. The molecule has 6 heteroatoms. The highest BCUT2D eigenvalue weighted by Gasteiger charge is 2.29. The van der Waals surface area contributed by atoms with Crippen LogP contribution in [0, 0.1) is 0 Å². The Balaban J connectivity index is 2.16. The molecule has 98 valence electrons. The van der Waals surface area contributed by atoms with Gasteiger partial charge in [-0.3, -0.25) is 4.18 Å². The summed E-state index contributed by atoms with van der Waals surface area (Å²) in [6.45, 7) is 0. The molecule has 0 atom stereocenters. The van der Waals surface area contributed by atoms with Crippen LogP contribution in [0.3, 0.4) is 0 Å². The smallest absolute Gasteiger partial charge is 0.218 e. The molecule has 0 spiro atoms. The second kappa shape index (κ2) is 4.34. The summed E-state index contributed by atoms with van der Waals surface area (Å²) >= 11 is 0. The average molecular weight is 277 g/mol. The molecule has 1 aliphatic heterocycles. The second-order valence-electron chi connectivity index (χ2n) is 4.06. The lowest BCUT2D eigenvalue weighted by Gasteiger charge is -2.28. The van der Waals surface area contributed by atoms with Gasteiger partial charge in [0.1, 0.15) is 17.6 Å². The Morgan fingerprint density at radius 2 is 1.42 bits per heavy atom. The molecule has 0 N–H and O–H groups in total. The van der Waals surface area contributed by atoms with E-state index in [0.29, 0.717) is 22.6 Å². The van der Waals surface area contributed by atoms with Gasteiger partial charge in [-0.05, 0) is 12.1 Å². The molecule has 5 nitrogen and oxygen atoms in total. The quantitative estimate of drug-likeness (QED) is 0.622. The minimum Gasteiger partial charge on any atom is -0.725 e. The van der Waals surface area contributed by atoms with Crippen molar-refractivity contribution >= 4 is 10.4 Å². The molecule has 1 aliphatic rings. The van der Waals surface area contributed by atoms with Gasteiger partial charge in [0.05, 0.1) is 0 Å². The summed E-state index contributed by atoms with van der Waals surface area (Å²) in [6.07, 6.45) is -0.969. The van der Waals surface area contributed by atoms with Crippen LogP contribution in [0.1, 0.15) is 17.2 Å². The molecule has 2 aromatic rings. The highest BCUT2D eigenvalue weighted by molar-refractivity contribution is 7.80. The third-order valence-corrected chi connectivity index (χ3v) is 3.27. The van der Waals surface area contributed by atoms with Crippen molar-refractivity contribution in [2.24, 2.45) is 0 Å². The molecule has 0 fully saturated rings. The zero-order valence-corrected chi connectivity index (χ0v) is 10.5. The molecule has 0 radical (unpaired) electrons. The summed E-state index contributed by atoms with van der Waals surface area (Å²) in [5, 5.41) is 0. The third-order valence-electron chi connectivity index (χ3n) is 2.84. The minimum absolute atomic E-state index is 0.481. The van der Waals surface area contributed by atoms with Crippen LogP contribution < -0.4 is 4.74 Å². The Hall–Kier alpha value is -1.89. The molecule has 2 aromatic carbocycles. The first-order chi connectivity index (χ1) is 9.04. The molecule has 0 aliphatic carbocycles. The van der Waals surface area contributed by atoms with Gasteiger partial charge in [-0.25, -0.2) is 8.42 Å². The maximum Gasteiger partial charge on any atom is 0.218 e. The fraction of sp³-hybridized carbons (Fsp3) is 0.0769. The maximum atomic E-state index is 10.9. The molecule has 19 heavy (non-hydrogen) atoms. The van der Waals surface area contributed by atoms with Crippen molar-refractivity contribution in [3.63, 3.8) is 0 Å². The van der Waals surface area contributed by atoms with E-state index in [4.69, 9.17) is 4.74 Å². The normalized spacial score (nSPS) is 14.4. The number of benzene rings is 2. The molecule has 0 amide bonds. The van der Waals surface area contributed by atoms with E-state index < -0.39 is 16.5 Å². The molecular formula is C13H9O5S-. The van der Waals surface area contributed by atoms with Gasteiger partial charge >= 0.3 is 0 Å². The van der Waals surface area contributed by atoms with Crippen molar-refractivity contribution in [2.75, 3.05) is 0 Å². The lowest BCUT2D eigenvalue weighted by Crippen LogP contribution is -2.17. The predicted octanol–water partition coefficient (Wildman–Crippen LogP) is 2.36. The Labute approximate surface area is 110 Å². The summed E-state index contributed by atoms with van der Waals surface area (Å²) in [5.74, 6) is 0.963.